The summed E-state index contributed by atoms with van der Waals surface area (Å²) in [5.41, 5.74) is 0.127. The average Bonchev–Trinajstić information content (AvgIpc) is 2.27. The summed E-state index contributed by atoms with van der Waals surface area (Å²) >= 11 is 0. The summed E-state index contributed by atoms with van der Waals surface area (Å²) in [6.07, 6.45) is 0. The van der Waals surface area contributed by atoms with Crippen LogP contribution in [0.1, 0.15) is 29.8 Å². The third-order valence-corrected chi connectivity index (χ3v) is 3.75. The minimum absolute atomic E-state index is 0.0493. The Hall–Kier alpha value is -1.44. The molecule has 1 aromatic carbocycles. The number of carboxylic acid groups (broad SMARTS) is 1. The van der Waals surface area contributed by atoms with Crippen molar-refractivity contribution in [2.75, 3.05) is 6.61 Å². The van der Waals surface area contributed by atoms with Crippen molar-refractivity contribution in [1.82, 2.24) is 4.89 Å². The molecule has 0 aromatic heterocycles. The predicted molar refractivity (Wildman–Crippen MR) is 69.2 cm³/mol. The monoisotopic (exact) mass is 287 g/mol. The lowest BCUT2D eigenvalue weighted by molar-refractivity contribution is 0.0695. The van der Waals surface area contributed by atoms with Gasteiger partial charge in [-0.3, -0.25) is 4.84 Å². The molecule has 0 fully saturated rings. The fourth-order valence-electron chi connectivity index (χ4n) is 1.46. The van der Waals surface area contributed by atoms with E-state index < -0.39 is 16.0 Å². The molecule has 1 rings (SSSR count). The van der Waals surface area contributed by atoms with Crippen LogP contribution in [0.4, 0.5) is 0 Å². The molecule has 0 aliphatic rings. The number of nitrogens with one attached hydrogen (secondary N) is 1. The molecule has 7 heteroatoms. The van der Waals surface area contributed by atoms with Crippen molar-refractivity contribution in [1.29, 1.82) is 0 Å². The number of hydrogen-bond donors (Lipinski definition) is 2. The molecule has 0 amide bonds. The molecule has 6 nitrogen and oxygen atoms in total. The minimum Gasteiger partial charge on any atom is -0.478 e. The van der Waals surface area contributed by atoms with Crippen molar-refractivity contribution in [3.05, 3.63) is 29.3 Å². The molecule has 0 bridgehead atoms. The molecule has 0 spiro atoms. The highest BCUT2D eigenvalue weighted by Crippen LogP contribution is 2.18. The molecule has 0 atom stereocenters. The van der Waals surface area contributed by atoms with Crippen molar-refractivity contribution in [3.63, 3.8) is 0 Å². The number of carbonyl (C=O) groups is 1. The quantitative estimate of drug-likeness (QED) is 0.774. The molecule has 0 heterocycles. The van der Waals surface area contributed by atoms with Gasteiger partial charge in [0, 0.05) is 0 Å². The first-order valence-electron chi connectivity index (χ1n) is 5.72. The Bertz CT molecular complexity index is 565. The van der Waals surface area contributed by atoms with E-state index in [0.29, 0.717) is 0 Å². The maximum Gasteiger partial charge on any atom is 0.335 e. The summed E-state index contributed by atoms with van der Waals surface area (Å²) in [7, 11) is -3.88. The van der Waals surface area contributed by atoms with Crippen LogP contribution in [-0.2, 0) is 14.9 Å². The molecular weight excluding hydrogens is 270 g/mol. The number of benzene rings is 1. The molecular formula is C12H17NO5S. The van der Waals surface area contributed by atoms with E-state index in [1.807, 2.05) is 18.7 Å². The lowest BCUT2D eigenvalue weighted by Crippen LogP contribution is -2.27. The van der Waals surface area contributed by atoms with Gasteiger partial charge < -0.3 is 5.11 Å². The molecule has 19 heavy (non-hydrogen) atoms. The van der Waals surface area contributed by atoms with Crippen LogP contribution in [0.3, 0.4) is 0 Å². The maximum atomic E-state index is 12.0. The van der Waals surface area contributed by atoms with Crippen LogP contribution >= 0.6 is 0 Å². The highest BCUT2D eigenvalue weighted by molar-refractivity contribution is 7.89. The van der Waals surface area contributed by atoms with E-state index in [1.165, 1.54) is 25.1 Å². The Balaban J connectivity index is 3.02. The van der Waals surface area contributed by atoms with Gasteiger partial charge in [-0.1, -0.05) is 24.8 Å². The zero-order valence-corrected chi connectivity index (χ0v) is 11.8. The largest absolute Gasteiger partial charge is 0.478 e. The number of carboxylic acids is 1. The normalized spacial score (nSPS) is 11.8. The smallest absolute Gasteiger partial charge is 0.335 e. The molecule has 0 saturated heterocycles. The second kappa shape index (κ2) is 6.14. The molecule has 0 unspecified atom stereocenters. The number of hydrogen-bond acceptors (Lipinski definition) is 4. The van der Waals surface area contributed by atoms with Gasteiger partial charge in [-0.2, -0.15) is 0 Å². The Morgan fingerprint density at radius 3 is 2.58 bits per heavy atom. The average molecular weight is 287 g/mol. The second-order valence-electron chi connectivity index (χ2n) is 4.53. The third-order valence-electron chi connectivity index (χ3n) is 2.39. The highest BCUT2D eigenvalue weighted by Gasteiger charge is 2.20. The first-order chi connectivity index (χ1) is 8.75. The maximum absolute atomic E-state index is 12.0. The zero-order valence-electron chi connectivity index (χ0n) is 11.0. The topological polar surface area (TPSA) is 92.7 Å². The Morgan fingerprint density at radius 1 is 1.42 bits per heavy atom. The molecule has 106 valence electrons. The van der Waals surface area contributed by atoms with E-state index in [4.69, 9.17) is 9.94 Å². The SMILES string of the molecule is Cc1c(C(=O)O)cccc1S(=O)(=O)NOCC(C)C. The molecule has 0 saturated carbocycles. The lowest BCUT2D eigenvalue weighted by Gasteiger charge is -2.11. The summed E-state index contributed by atoms with van der Waals surface area (Å²) in [6.45, 7) is 5.44. The van der Waals surface area contributed by atoms with Crippen molar-refractivity contribution in [2.24, 2.45) is 5.92 Å². The summed E-state index contributed by atoms with van der Waals surface area (Å²) in [5.74, 6) is -0.994. The number of aromatic carboxylic acids is 1. The summed E-state index contributed by atoms with van der Waals surface area (Å²) in [4.78, 5) is 17.7. The zero-order chi connectivity index (χ0) is 14.6. The molecule has 2 N–H and O–H groups in total. The predicted octanol–water partition coefficient (Wildman–Crippen LogP) is 1.56. The van der Waals surface area contributed by atoms with Crippen LogP contribution in [-0.4, -0.2) is 26.1 Å². The Kier molecular flexibility index (Phi) is 5.04. The second-order valence-corrected chi connectivity index (χ2v) is 6.14. The van der Waals surface area contributed by atoms with Gasteiger partial charge >= 0.3 is 5.97 Å². The Morgan fingerprint density at radius 2 is 2.05 bits per heavy atom. The van der Waals surface area contributed by atoms with E-state index in [1.54, 1.807) is 0 Å². The summed E-state index contributed by atoms with van der Waals surface area (Å²) < 4.78 is 24.0. The van der Waals surface area contributed by atoms with Gasteiger partial charge in [-0.05, 0) is 30.5 Å². The Labute approximate surface area is 112 Å². The van der Waals surface area contributed by atoms with E-state index in [0.717, 1.165) is 0 Å². The van der Waals surface area contributed by atoms with Gasteiger partial charge in [0.05, 0.1) is 17.1 Å². The van der Waals surface area contributed by atoms with E-state index in [-0.39, 0.29) is 28.5 Å². The standard InChI is InChI=1S/C12H17NO5S/c1-8(2)7-18-13-19(16,17)11-6-4-5-10(9(11)3)12(14)15/h4-6,8,13H,7H2,1-3H3,(H,14,15). The van der Waals surface area contributed by atoms with Crippen LogP contribution in [0.2, 0.25) is 0 Å². The lowest BCUT2D eigenvalue weighted by atomic mass is 10.1. The minimum atomic E-state index is -3.88. The summed E-state index contributed by atoms with van der Waals surface area (Å²) in [5, 5.41) is 8.96. The van der Waals surface area contributed by atoms with Gasteiger partial charge in [0.25, 0.3) is 10.0 Å². The first-order valence-corrected chi connectivity index (χ1v) is 7.20. The molecule has 1 aromatic rings. The first kappa shape index (κ1) is 15.6. The van der Waals surface area contributed by atoms with Gasteiger partial charge in [-0.15, -0.1) is 0 Å². The number of rotatable bonds is 6. The molecule has 0 aliphatic carbocycles. The van der Waals surface area contributed by atoms with E-state index >= 15 is 0 Å². The fourth-order valence-corrected chi connectivity index (χ4v) is 2.54. The van der Waals surface area contributed by atoms with Gasteiger partial charge in [-0.25, -0.2) is 13.2 Å². The van der Waals surface area contributed by atoms with Crippen molar-refractivity contribution in [3.8, 4) is 0 Å². The van der Waals surface area contributed by atoms with Crippen molar-refractivity contribution >= 4 is 16.0 Å². The van der Waals surface area contributed by atoms with Crippen LogP contribution in [0.5, 0.6) is 0 Å². The van der Waals surface area contributed by atoms with Crippen LogP contribution < -0.4 is 4.89 Å². The van der Waals surface area contributed by atoms with Crippen LogP contribution in [0, 0.1) is 12.8 Å². The van der Waals surface area contributed by atoms with E-state index in [2.05, 4.69) is 0 Å². The van der Waals surface area contributed by atoms with Crippen LogP contribution in [0.15, 0.2) is 23.1 Å². The number of sulfonamides is 1. The van der Waals surface area contributed by atoms with Crippen LogP contribution in [0.25, 0.3) is 0 Å². The fraction of sp³-hybridized carbons (Fsp3) is 0.417. The van der Waals surface area contributed by atoms with E-state index in [9.17, 15) is 13.2 Å². The van der Waals surface area contributed by atoms with Crippen molar-refractivity contribution < 1.29 is 23.2 Å². The third kappa shape index (κ3) is 4.02. The summed E-state index contributed by atoms with van der Waals surface area (Å²) in [6, 6.07) is 4.07. The van der Waals surface area contributed by atoms with Gasteiger partial charge in [0.2, 0.25) is 0 Å². The molecule has 0 radical (unpaired) electrons. The van der Waals surface area contributed by atoms with Gasteiger partial charge in [0.15, 0.2) is 0 Å². The molecule has 0 aliphatic heterocycles. The van der Waals surface area contributed by atoms with Crippen molar-refractivity contribution in [2.45, 2.75) is 25.7 Å². The highest BCUT2D eigenvalue weighted by atomic mass is 32.2. The van der Waals surface area contributed by atoms with Gasteiger partial charge in [0.1, 0.15) is 0 Å².